The first-order chi connectivity index (χ1) is 33.1. The summed E-state index contributed by atoms with van der Waals surface area (Å²) in [4.78, 5) is 4.88. The van der Waals surface area contributed by atoms with Crippen molar-refractivity contribution in [2.45, 2.75) is 78.6 Å². The second-order valence-corrected chi connectivity index (χ2v) is 24.1. The second-order valence-electron chi connectivity index (χ2n) is 22.2. The van der Waals surface area contributed by atoms with Crippen LogP contribution < -0.4 is 26.2 Å². The predicted molar refractivity (Wildman–Crippen MR) is 298 cm³/mol. The average Bonchev–Trinajstić information content (AvgIpc) is 4.13. The summed E-state index contributed by atoms with van der Waals surface area (Å²) >= 11 is 3.60. The highest BCUT2D eigenvalue weighted by atomic mass is 32.1. The SMILES string of the molecule is CC(C)(C)c1cc2c3c(c1)N(c1cccc(-c4csc5ccccc45)c1)c1oc4ccc(C(C)(C)C)cc4c1B3c1c(oc3ccc(C(C)(C)C)cc13)N2c1cccc(-c2csc3ccccc23)c1. The molecule has 0 unspecified atom stereocenters. The number of nitrogens with zero attached hydrogens (tertiary/aromatic N) is 2. The van der Waals surface area contributed by atoms with Crippen molar-refractivity contribution in [1.82, 2.24) is 0 Å². The molecule has 0 saturated carbocycles. The van der Waals surface area contributed by atoms with Crippen LogP contribution in [0.5, 0.6) is 0 Å². The van der Waals surface area contributed by atoms with Crippen LogP contribution in [0.1, 0.15) is 79.0 Å². The number of hydrogen-bond acceptors (Lipinski definition) is 6. The number of benzene rings is 7. The van der Waals surface area contributed by atoms with Crippen LogP contribution >= 0.6 is 22.7 Å². The van der Waals surface area contributed by atoms with E-state index in [1.807, 2.05) is 0 Å². The van der Waals surface area contributed by atoms with E-state index in [-0.39, 0.29) is 23.0 Å². The number of rotatable bonds is 4. The quantitative estimate of drug-likeness (QED) is 0.165. The third-order valence-corrected chi connectivity index (χ3v) is 16.6. The van der Waals surface area contributed by atoms with Crippen LogP contribution in [0.3, 0.4) is 0 Å². The maximum absolute atomic E-state index is 7.37. The van der Waals surface area contributed by atoms with Crippen molar-refractivity contribution in [2.24, 2.45) is 0 Å². The molecule has 11 aromatic rings. The summed E-state index contributed by atoms with van der Waals surface area (Å²) in [6.07, 6.45) is 0. The molecule has 4 aromatic heterocycles. The molecule has 0 N–H and O–H groups in total. The van der Waals surface area contributed by atoms with E-state index in [1.54, 1.807) is 22.7 Å². The molecular weight excluding hydrogens is 880 g/mol. The van der Waals surface area contributed by atoms with Crippen molar-refractivity contribution >= 4 is 122 Å². The Balaban J connectivity index is 1.15. The second kappa shape index (κ2) is 14.9. The molecule has 13 rings (SSSR count). The van der Waals surface area contributed by atoms with Crippen LogP contribution in [-0.4, -0.2) is 6.71 Å². The van der Waals surface area contributed by atoms with E-state index < -0.39 is 0 Å². The van der Waals surface area contributed by atoms with Gasteiger partial charge in [-0.2, -0.15) is 0 Å². The van der Waals surface area contributed by atoms with Gasteiger partial charge in [-0.1, -0.05) is 135 Å². The Kier molecular flexibility index (Phi) is 9.11. The Bertz CT molecular complexity index is 3660. The van der Waals surface area contributed by atoms with E-state index in [9.17, 15) is 0 Å². The van der Waals surface area contributed by atoms with E-state index in [1.165, 1.54) is 75.5 Å². The van der Waals surface area contributed by atoms with Gasteiger partial charge in [-0.3, -0.25) is 9.80 Å². The van der Waals surface area contributed by atoms with Crippen LogP contribution in [0.15, 0.2) is 165 Å². The summed E-state index contributed by atoms with van der Waals surface area (Å²) in [6, 6.07) is 54.3. The first-order valence-electron chi connectivity index (χ1n) is 24.2. The third kappa shape index (κ3) is 6.53. The molecule has 0 saturated heterocycles. The summed E-state index contributed by atoms with van der Waals surface area (Å²) in [5.41, 5.74) is 18.0. The average molecular weight is 933 g/mol. The zero-order chi connectivity index (χ0) is 47.3. The number of furan rings is 2. The number of anilines is 6. The highest BCUT2D eigenvalue weighted by Crippen LogP contribution is 2.51. The number of thiophene rings is 2. The van der Waals surface area contributed by atoms with Crippen molar-refractivity contribution < 1.29 is 8.83 Å². The molecule has 2 aliphatic rings. The summed E-state index contributed by atoms with van der Waals surface area (Å²) in [5, 5.41) is 9.42. The molecule has 0 aliphatic carbocycles. The van der Waals surface area contributed by atoms with E-state index in [2.05, 4.69) is 228 Å². The number of fused-ring (bicyclic) bond motifs is 10. The number of hydrogen-bond donors (Lipinski definition) is 0. The van der Waals surface area contributed by atoms with Gasteiger partial charge in [0.25, 0.3) is 6.71 Å². The fourth-order valence-corrected chi connectivity index (χ4v) is 12.9. The Labute approximate surface area is 412 Å². The van der Waals surface area contributed by atoms with Crippen molar-refractivity contribution in [1.29, 1.82) is 0 Å². The van der Waals surface area contributed by atoms with Gasteiger partial charge >= 0.3 is 0 Å². The molecular formula is C62H53BN2O2S2. The topological polar surface area (TPSA) is 32.8 Å². The Morgan fingerprint density at radius 1 is 0.406 bits per heavy atom. The Morgan fingerprint density at radius 3 is 1.28 bits per heavy atom. The standard InChI is InChI=1S/C62H53BN2O2S2/c1-60(2,3)38-24-26-51-45(30-38)55-58(66-51)64(41-18-14-16-36(28-41)47-34-68-53-22-12-10-20-43(47)53)49-32-40(62(7,8)9)33-50-57(49)63(55)56-46-31-39(61(4,5)6)25-27-52(46)67-59(56)65(50)42-19-15-17-37(29-42)48-35-69-54-23-13-11-21-44(48)54/h10-35H,1-9H3. The minimum Gasteiger partial charge on any atom is -0.440 e. The molecule has 2 aliphatic heterocycles. The molecule has 0 radical (unpaired) electrons. The summed E-state index contributed by atoms with van der Waals surface area (Å²) in [7, 11) is 0. The molecule has 7 aromatic carbocycles. The normalized spacial score (nSPS) is 13.8. The third-order valence-electron chi connectivity index (χ3n) is 14.7. The lowest BCUT2D eigenvalue weighted by molar-refractivity contribution is 0.588. The molecule has 7 heteroatoms. The van der Waals surface area contributed by atoms with Crippen molar-refractivity contribution in [3.05, 3.63) is 173 Å². The van der Waals surface area contributed by atoms with Gasteiger partial charge in [0.1, 0.15) is 11.2 Å². The lowest BCUT2D eigenvalue weighted by atomic mass is 9.33. The smallest absolute Gasteiger partial charge is 0.262 e. The fourth-order valence-electron chi connectivity index (χ4n) is 10.9. The Morgan fingerprint density at radius 2 is 0.841 bits per heavy atom. The molecule has 6 heterocycles. The van der Waals surface area contributed by atoms with Gasteiger partial charge in [-0.25, -0.2) is 0 Å². The minimum absolute atomic E-state index is 0.0771. The first-order valence-corrected chi connectivity index (χ1v) is 25.9. The largest absolute Gasteiger partial charge is 0.440 e. The van der Waals surface area contributed by atoms with Crippen molar-refractivity contribution in [3.63, 3.8) is 0 Å². The minimum atomic E-state index is -0.206. The molecule has 338 valence electrons. The predicted octanol–water partition coefficient (Wildman–Crippen LogP) is 16.9. The monoisotopic (exact) mass is 932 g/mol. The fraction of sp³-hybridized carbons (Fsp3) is 0.194. The van der Waals surface area contributed by atoms with Gasteiger partial charge in [-0.15, -0.1) is 22.7 Å². The molecule has 0 atom stereocenters. The van der Waals surface area contributed by atoms with Crippen LogP contribution in [0.25, 0.3) is 64.4 Å². The van der Waals surface area contributed by atoms with Gasteiger partial charge in [0.2, 0.25) is 11.8 Å². The van der Waals surface area contributed by atoms with Crippen LogP contribution in [0.2, 0.25) is 0 Å². The lowest BCUT2D eigenvalue weighted by Gasteiger charge is -2.41. The van der Waals surface area contributed by atoms with E-state index in [4.69, 9.17) is 8.83 Å². The summed E-state index contributed by atoms with van der Waals surface area (Å²) in [6.45, 7) is 20.6. The zero-order valence-electron chi connectivity index (χ0n) is 40.6. The molecule has 4 nitrogen and oxygen atoms in total. The molecule has 0 spiro atoms. The molecule has 0 bridgehead atoms. The molecule has 0 fully saturated rings. The maximum Gasteiger partial charge on any atom is 0.262 e. The lowest BCUT2D eigenvalue weighted by Crippen LogP contribution is -2.61. The molecule has 69 heavy (non-hydrogen) atoms. The summed E-state index contributed by atoms with van der Waals surface area (Å²) < 4.78 is 17.3. The van der Waals surface area contributed by atoms with Gasteiger partial charge in [0.05, 0.1) is 0 Å². The van der Waals surface area contributed by atoms with Gasteiger partial charge in [0.15, 0.2) is 0 Å². The zero-order valence-corrected chi connectivity index (χ0v) is 42.2. The van der Waals surface area contributed by atoms with Gasteiger partial charge in [0, 0.05) is 75.7 Å². The Hall–Kier alpha value is -6.80. The van der Waals surface area contributed by atoms with E-state index >= 15 is 0 Å². The van der Waals surface area contributed by atoms with Crippen molar-refractivity contribution in [3.8, 4) is 22.3 Å². The van der Waals surface area contributed by atoms with E-state index in [0.717, 1.165) is 56.5 Å². The first kappa shape index (κ1) is 42.3. The van der Waals surface area contributed by atoms with Crippen LogP contribution in [0.4, 0.5) is 34.5 Å². The van der Waals surface area contributed by atoms with Gasteiger partial charge < -0.3 is 8.83 Å². The van der Waals surface area contributed by atoms with Crippen molar-refractivity contribution in [2.75, 3.05) is 9.80 Å². The highest BCUT2D eigenvalue weighted by Gasteiger charge is 2.49. The molecule has 0 amide bonds. The van der Waals surface area contributed by atoms with E-state index in [0.29, 0.717) is 0 Å². The highest BCUT2D eigenvalue weighted by molar-refractivity contribution is 7.18. The maximum atomic E-state index is 7.37. The van der Waals surface area contributed by atoms with Gasteiger partial charge in [-0.05, 0) is 133 Å². The van der Waals surface area contributed by atoms with Crippen LogP contribution in [-0.2, 0) is 16.2 Å². The van der Waals surface area contributed by atoms with Crippen LogP contribution in [0, 0.1) is 0 Å². The summed E-state index contributed by atoms with van der Waals surface area (Å²) in [5.74, 6) is 1.70.